The molecule has 1 heteroatoms. The molecule has 0 aromatic rings. The lowest BCUT2D eigenvalue weighted by Gasteiger charge is -2.12. The molecule has 0 rings (SSSR count). The lowest BCUT2D eigenvalue weighted by molar-refractivity contribution is -0.110. The quantitative estimate of drug-likeness (QED) is 0.516. The zero-order valence-corrected chi connectivity index (χ0v) is 11.0. The Hall–Kier alpha value is -0.330. The Morgan fingerprint density at radius 3 is 1.87 bits per heavy atom. The SMILES string of the molecule is CC(C)CCCC(C)CCCC(C)C=O. The van der Waals surface area contributed by atoms with Crippen LogP contribution in [0.1, 0.15) is 66.2 Å². The standard InChI is InChI=1S/C14H28O/c1-12(2)7-5-8-13(3)9-6-10-14(4)11-15/h11-14H,5-10H2,1-4H3. The van der Waals surface area contributed by atoms with Gasteiger partial charge in [0.25, 0.3) is 0 Å². The molecule has 1 nitrogen and oxygen atoms in total. The van der Waals surface area contributed by atoms with Crippen LogP contribution in [0, 0.1) is 17.8 Å². The van der Waals surface area contributed by atoms with Crippen LogP contribution in [0.5, 0.6) is 0 Å². The second-order valence-electron chi connectivity index (χ2n) is 5.47. The first-order valence-electron chi connectivity index (χ1n) is 6.51. The topological polar surface area (TPSA) is 17.1 Å². The molecule has 0 aromatic heterocycles. The molecule has 0 saturated heterocycles. The molecule has 0 saturated carbocycles. The van der Waals surface area contributed by atoms with Crippen molar-refractivity contribution in [2.24, 2.45) is 17.8 Å². The van der Waals surface area contributed by atoms with Gasteiger partial charge in [0.1, 0.15) is 6.29 Å². The Morgan fingerprint density at radius 1 is 0.867 bits per heavy atom. The largest absolute Gasteiger partial charge is 0.303 e. The average Bonchev–Trinajstić information content (AvgIpc) is 2.17. The highest BCUT2D eigenvalue weighted by Crippen LogP contribution is 2.18. The van der Waals surface area contributed by atoms with Crippen molar-refractivity contribution in [1.29, 1.82) is 0 Å². The third-order valence-electron chi connectivity index (χ3n) is 3.07. The van der Waals surface area contributed by atoms with Gasteiger partial charge in [-0.15, -0.1) is 0 Å². The molecule has 0 N–H and O–H groups in total. The van der Waals surface area contributed by atoms with Crippen LogP contribution in [0.25, 0.3) is 0 Å². The van der Waals surface area contributed by atoms with Crippen LogP contribution in [-0.2, 0) is 4.79 Å². The molecule has 2 unspecified atom stereocenters. The van der Waals surface area contributed by atoms with Crippen molar-refractivity contribution in [1.82, 2.24) is 0 Å². The van der Waals surface area contributed by atoms with E-state index in [2.05, 4.69) is 20.8 Å². The van der Waals surface area contributed by atoms with Gasteiger partial charge in [-0.2, -0.15) is 0 Å². The van der Waals surface area contributed by atoms with Crippen LogP contribution in [0.3, 0.4) is 0 Å². The van der Waals surface area contributed by atoms with E-state index in [1.54, 1.807) is 0 Å². The highest BCUT2D eigenvalue weighted by Gasteiger charge is 2.05. The van der Waals surface area contributed by atoms with E-state index < -0.39 is 0 Å². The molecule has 0 heterocycles. The first-order chi connectivity index (χ1) is 7.06. The van der Waals surface area contributed by atoms with Crippen molar-refractivity contribution in [3.63, 3.8) is 0 Å². The van der Waals surface area contributed by atoms with Crippen LogP contribution < -0.4 is 0 Å². The molecule has 0 bridgehead atoms. The van der Waals surface area contributed by atoms with Crippen LogP contribution in [0.4, 0.5) is 0 Å². The first kappa shape index (κ1) is 14.7. The summed E-state index contributed by atoms with van der Waals surface area (Å²) in [5.41, 5.74) is 0. The van der Waals surface area contributed by atoms with Gasteiger partial charge < -0.3 is 4.79 Å². The van der Waals surface area contributed by atoms with Gasteiger partial charge in [-0.05, 0) is 18.3 Å². The molecular formula is C14H28O. The molecule has 0 spiro atoms. The third-order valence-corrected chi connectivity index (χ3v) is 3.07. The number of rotatable bonds is 9. The molecule has 0 aliphatic heterocycles. The summed E-state index contributed by atoms with van der Waals surface area (Å²) in [6, 6.07) is 0. The van der Waals surface area contributed by atoms with Crippen molar-refractivity contribution in [3.8, 4) is 0 Å². The molecule has 15 heavy (non-hydrogen) atoms. The summed E-state index contributed by atoms with van der Waals surface area (Å²) in [5.74, 6) is 1.93. The zero-order valence-electron chi connectivity index (χ0n) is 11.0. The number of carbonyl (C=O) groups excluding carboxylic acids is 1. The Balaban J connectivity index is 3.33. The normalized spacial score (nSPS) is 15.3. The average molecular weight is 212 g/mol. The van der Waals surface area contributed by atoms with Crippen LogP contribution in [-0.4, -0.2) is 6.29 Å². The summed E-state index contributed by atoms with van der Waals surface area (Å²) in [6.07, 6.45) is 8.71. The monoisotopic (exact) mass is 212 g/mol. The van der Waals surface area contributed by atoms with Gasteiger partial charge in [0.15, 0.2) is 0 Å². The number of hydrogen-bond donors (Lipinski definition) is 0. The van der Waals surface area contributed by atoms with Gasteiger partial charge in [-0.1, -0.05) is 59.8 Å². The van der Waals surface area contributed by atoms with Crippen molar-refractivity contribution in [2.45, 2.75) is 66.2 Å². The second kappa shape index (κ2) is 8.94. The molecule has 0 amide bonds. The van der Waals surface area contributed by atoms with Gasteiger partial charge in [0, 0.05) is 5.92 Å². The van der Waals surface area contributed by atoms with Crippen LogP contribution in [0.2, 0.25) is 0 Å². The Kier molecular flexibility index (Phi) is 8.74. The molecule has 0 fully saturated rings. The summed E-state index contributed by atoms with van der Waals surface area (Å²) in [6.45, 7) is 8.93. The van der Waals surface area contributed by atoms with Crippen LogP contribution >= 0.6 is 0 Å². The lowest BCUT2D eigenvalue weighted by atomic mass is 9.94. The minimum atomic E-state index is 0.257. The van der Waals surface area contributed by atoms with E-state index in [1.165, 1.54) is 32.1 Å². The van der Waals surface area contributed by atoms with Crippen molar-refractivity contribution in [3.05, 3.63) is 0 Å². The maximum atomic E-state index is 10.4. The Labute approximate surface area is 95.6 Å². The van der Waals surface area contributed by atoms with Crippen LogP contribution in [0.15, 0.2) is 0 Å². The van der Waals surface area contributed by atoms with E-state index in [-0.39, 0.29) is 5.92 Å². The molecule has 0 radical (unpaired) electrons. The molecule has 0 aliphatic carbocycles. The molecule has 0 aliphatic rings. The maximum Gasteiger partial charge on any atom is 0.122 e. The Bertz CT molecular complexity index is 151. The predicted molar refractivity (Wildman–Crippen MR) is 66.9 cm³/mol. The van der Waals surface area contributed by atoms with Gasteiger partial charge in [0.05, 0.1) is 0 Å². The maximum absolute atomic E-state index is 10.4. The van der Waals surface area contributed by atoms with Gasteiger partial charge >= 0.3 is 0 Å². The van der Waals surface area contributed by atoms with Gasteiger partial charge in [-0.3, -0.25) is 0 Å². The van der Waals surface area contributed by atoms with E-state index in [9.17, 15) is 4.79 Å². The smallest absolute Gasteiger partial charge is 0.122 e. The lowest BCUT2D eigenvalue weighted by Crippen LogP contribution is -2.00. The molecule has 0 aromatic carbocycles. The fraction of sp³-hybridized carbons (Fsp3) is 0.929. The third kappa shape index (κ3) is 9.96. The summed E-state index contributed by atoms with van der Waals surface area (Å²) in [7, 11) is 0. The van der Waals surface area contributed by atoms with Crippen molar-refractivity contribution < 1.29 is 4.79 Å². The second-order valence-corrected chi connectivity index (χ2v) is 5.47. The highest BCUT2D eigenvalue weighted by atomic mass is 16.1. The predicted octanol–water partition coefficient (Wildman–Crippen LogP) is 4.45. The molecule has 2 atom stereocenters. The number of hydrogen-bond acceptors (Lipinski definition) is 1. The summed E-state index contributed by atoms with van der Waals surface area (Å²) in [5, 5.41) is 0. The van der Waals surface area contributed by atoms with E-state index in [0.717, 1.165) is 24.5 Å². The highest BCUT2D eigenvalue weighted by molar-refractivity contribution is 5.52. The van der Waals surface area contributed by atoms with E-state index in [0.29, 0.717) is 0 Å². The zero-order chi connectivity index (χ0) is 11.7. The summed E-state index contributed by atoms with van der Waals surface area (Å²) < 4.78 is 0. The van der Waals surface area contributed by atoms with E-state index >= 15 is 0 Å². The number of aldehydes is 1. The fourth-order valence-corrected chi connectivity index (χ4v) is 1.88. The molecular weight excluding hydrogens is 184 g/mol. The van der Waals surface area contributed by atoms with E-state index in [4.69, 9.17) is 0 Å². The fourth-order valence-electron chi connectivity index (χ4n) is 1.88. The van der Waals surface area contributed by atoms with E-state index in [1.807, 2.05) is 6.92 Å². The molecule has 90 valence electrons. The minimum Gasteiger partial charge on any atom is -0.303 e. The van der Waals surface area contributed by atoms with Crippen molar-refractivity contribution >= 4 is 6.29 Å². The Morgan fingerprint density at radius 2 is 1.40 bits per heavy atom. The summed E-state index contributed by atoms with van der Waals surface area (Å²) in [4.78, 5) is 10.4. The number of carbonyl (C=O) groups is 1. The van der Waals surface area contributed by atoms with Gasteiger partial charge in [0.2, 0.25) is 0 Å². The summed E-state index contributed by atoms with van der Waals surface area (Å²) >= 11 is 0. The van der Waals surface area contributed by atoms with Crippen molar-refractivity contribution in [2.75, 3.05) is 0 Å². The van der Waals surface area contributed by atoms with Gasteiger partial charge in [-0.25, -0.2) is 0 Å². The minimum absolute atomic E-state index is 0.257. The first-order valence-corrected chi connectivity index (χ1v) is 6.51.